The lowest BCUT2D eigenvalue weighted by molar-refractivity contribution is -0.0208. The van der Waals surface area contributed by atoms with E-state index in [0.717, 1.165) is 45.8 Å². The second-order valence-corrected chi connectivity index (χ2v) is 5.57. The van der Waals surface area contributed by atoms with Crippen LogP contribution in [0.2, 0.25) is 0 Å². The van der Waals surface area contributed by atoms with Gasteiger partial charge >= 0.3 is 0 Å². The van der Waals surface area contributed by atoms with Crippen LogP contribution >= 0.6 is 0 Å². The largest absolute Gasteiger partial charge is 0.382 e. The third-order valence-corrected chi connectivity index (χ3v) is 3.87. The molecule has 1 aromatic carbocycles. The lowest BCUT2D eigenvalue weighted by atomic mass is 10.2. The molecule has 1 heterocycles. The number of methoxy groups -OCH3 is 1. The number of piperazine rings is 1. The molecule has 4 nitrogen and oxygen atoms in total. The molecule has 0 amide bonds. The van der Waals surface area contributed by atoms with Crippen LogP contribution in [0.5, 0.6) is 0 Å². The predicted octanol–water partition coefficient (Wildman–Crippen LogP) is 2.25. The summed E-state index contributed by atoms with van der Waals surface area (Å²) in [5, 5.41) is 0. The van der Waals surface area contributed by atoms with Crippen molar-refractivity contribution >= 4 is 5.69 Å². The van der Waals surface area contributed by atoms with Crippen LogP contribution in [0.15, 0.2) is 30.3 Å². The molecule has 0 spiro atoms. The molecule has 0 aromatic heterocycles. The molecule has 0 radical (unpaired) electrons. The van der Waals surface area contributed by atoms with Gasteiger partial charge in [0.15, 0.2) is 0 Å². The van der Waals surface area contributed by atoms with Crippen molar-refractivity contribution in [3.05, 3.63) is 30.3 Å². The molecule has 1 aliphatic rings. The van der Waals surface area contributed by atoms with Gasteiger partial charge in [-0.05, 0) is 18.6 Å². The van der Waals surface area contributed by atoms with Crippen LogP contribution < -0.4 is 4.90 Å². The van der Waals surface area contributed by atoms with Crippen molar-refractivity contribution in [2.24, 2.45) is 0 Å². The van der Waals surface area contributed by atoms with Gasteiger partial charge in [-0.1, -0.05) is 25.1 Å². The zero-order valence-electron chi connectivity index (χ0n) is 13.3. The van der Waals surface area contributed by atoms with Crippen LogP contribution in [0.4, 0.5) is 5.69 Å². The van der Waals surface area contributed by atoms with E-state index in [4.69, 9.17) is 9.47 Å². The van der Waals surface area contributed by atoms with Gasteiger partial charge in [0.1, 0.15) is 0 Å². The fourth-order valence-electron chi connectivity index (χ4n) is 2.74. The van der Waals surface area contributed by atoms with Gasteiger partial charge in [-0.3, -0.25) is 4.90 Å². The predicted molar refractivity (Wildman–Crippen MR) is 87.0 cm³/mol. The topological polar surface area (TPSA) is 24.9 Å². The van der Waals surface area contributed by atoms with Crippen molar-refractivity contribution in [1.29, 1.82) is 0 Å². The SMILES string of the molecule is CCCO[C@@H](COC)CN1CCN(c2ccccc2)CC1. The monoisotopic (exact) mass is 292 g/mol. The average Bonchev–Trinajstić information content (AvgIpc) is 2.54. The maximum absolute atomic E-state index is 5.87. The molecular formula is C17H28N2O2. The van der Waals surface area contributed by atoms with E-state index in [1.807, 2.05) is 0 Å². The molecule has 21 heavy (non-hydrogen) atoms. The van der Waals surface area contributed by atoms with Crippen LogP contribution in [0.25, 0.3) is 0 Å². The summed E-state index contributed by atoms with van der Waals surface area (Å²) >= 11 is 0. The number of nitrogens with zero attached hydrogens (tertiary/aromatic N) is 2. The molecule has 118 valence electrons. The number of para-hydroxylation sites is 1. The molecule has 1 atom stereocenters. The summed E-state index contributed by atoms with van der Waals surface area (Å²) in [5.41, 5.74) is 1.33. The highest BCUT2D eigenvalue weighted by Crippen LogP contribution is 2.15. The third-order valence-electron chi connectivity index (χ3n) is 3.87. The Morgan fingerprint density at radius 3 is 2.43 bits per heavy atom. The fourth-order valence-corrected chi connectivity index (χ4v) is 2.74. The summed E-state index contributed by atoms with van der Waals surface area (Å²) in [5.74, 6) is 0. The highest BCUT2D eigenvalue weighted by Gasteiger charge is 2.20. The Morgan fingerprint density at radius 2 is 1.81 bits per heavy atom. The number of hydrogen-bond donors (Lipinski definition) is 0. The molecule has 0 aliphatic carbocycles. The summed E-state index contributed by atoms with van der Waals surface area (Å²) in [6, 6.07) is 10.7. The number of hydrogen-bond acceptors (Lipinski definition) is 4. The van der Waals surface area contributed by atoms with E-state index in [2.05, 4.69) is 47.1 Å². The number of rotatable bonds is 8. The second-order valence-electron chi connectivity index (χ2n) is 5.57. The average molecular weight is 292 g/mol. The van der Waals surface area contributed by atoms with Gasteiger partial charge < -0.3 is 14.4 Å². The molecule has 0 saturated carbocycles. The minimum absolute atomic E-state index is 0.193. The van der Waals surface area contributed by atoms with Gasteiger partial charge in [0.25, 0.3) is 0 Å². The summed E-state index contributed by atoms with van der Waals surface area (Å²) in [6.07, 6.45) is 1.25. The van der Waals surface area contributed by atoms with Gasteiger partial charge in [0, 0.05) is 52.1 Å². The highest BCUT2D eigenvalue weighted by atomic mass is 16.5. The standard InChI is InChI=1S/C17H28N2O2/c1-3-13-21-17(15-20-2)14-18-9-11-19(12-10-18)16-7-5-4-6-8-16/h4-8,17H,3,9-15H2,1-2H3/t17-/m1/s1. The molecule has 0 bridgehead atoms. The van der Waals surface area contributed by atoms with Crippen LogP contribution in [0.3, 0.4) is 0 Å². The normalized spacial score (nSPS) is 17.9. The zero-order chi connectivity index (χ0) is 14.9. The minimum Gasteiger partial charge on any atom is -0.382 e. The quantitative estimate of drug-likeness (QED) is 0.734. The molecule has 1 saturated heterocycles. The summed E-state index contributed by atoms with van der Waals surface area (Å²) in [7, 11) is 1.75. The zero-order valence-corrected chi connectivity index (χ0v) is 13.3. The van der Waals surface area contributed by atoms with Crippen LogP contribution in [0.1, 0.15) is 13.3 Å². The number of anilines is 1. The Kier molecular flexibility index (Phi) is 7.00. The van der Waals surface area contributed by atoms with E-state index in [9.17, 15) is 0 Å². The van der Waals surface area contributed by atoms with Crippen LogP contribution in [-0.2, 0) is 9.47 Å². The molecule has 4 heteroatoms. The first kappa shape index (κ1) is 16.3. The van der Waals surface area contributed by atoms with Crippen molar-refractivity contribution in [1.82, 2.24) is 4.90 Å². The van der Waals surface area contributed by atoms with Gasteiger partial charge in [-0.25, -0.2) is 0 Å². The van der Waals surface area contributed by atoms with Crippen molar-refractivity contribution in [3.8, 4) is 0 Å². The minimum atomic E-state index is 0.193. The Morgan fingerprint density at radius 1 is 1.10 bits per heavy atom. The Balaban J connectivity index is 1.77. The van der Waals surface area contributed by atoms with Gasteiger partial charge in [0.05, 0.1) is 12.7 Å². The second kappa shape index (κ2) is 9.03. The smallest absolute Gasteiger partial charge is 0.0934 e. The van der Waals surface area contributed by atoms with Crippen molar-refractivity contribution < 1.29 is 9.47 Å². The maximum Gasteiger partial charge on any atom is 0.0934 e. The lowest BCUT2D eigenvalue weighted by Gasteiger charge is -2.37. The van der Waals surface area contributed by atoms with Crippen LogP contribution in [0, 0.1) is 0 Å². The first-order valence-electron chi connectivity index (χ1n) is 7.96. The maximum atomic E-state index is 5.87. The van der Waals surface area contributed by atoms with E-state index < -0.39 is 0 Å². The number of ether oxygens (including phenoxy) is 2. The van der Waals surface area contributed by atoms with Crippen molar-refractivity contribution in [2.45, 2.75) is 19.4 Å². The highest BCUT2D eigenvalue weighted by molar-refractivity contribution is 5.46. The van der Waals surface area contributed by atoms with E-state index in [-0.39, 0.29) is 6.10 Å². The summed E-state index contributed by atoms with van der Waals surface area (Å²) in [4.78, 5) is 4.94. The third kappa shape index (κ3) is 5.30. The van der Waals surface area contributed by atoms with Crippen molar-refractivity contribution in [2.75, 3.05) is 57.9 Å². The molecule has 0 N–H and O–H groups in total. The van der Waals surface area contributed by atoms with E-state index in [1.54, 1.807) is 7.11 Å². The summed E-state index contributed by atoms with van der Waals surface area (Å²) in [6.45, 7) is 8.94. The molecule has 0 unspecified atom stereocenters. The van der Waals surface area contributed by atoms with Crippen LogP contribution in [-0.4, -0.2) is 64.1 Å². The van der Waals surface area contributed by atoms with Gasteiger partial charge in [-0.15, -0.1) is 0 Å². The first-order chi connectivity index (χ1) is 10.3. The van der Waals surface area contributed by atoms with E-state index in [1.165, 1.54) is 5.69 Å². The fraction of sp³-hybridized carbons (Fsp3) is 0.647. The van der Waals surface area contributed by atoms with Gasteiger partial charge in [-0.2, -0.15) is 0 Å². The Hall–Kier alpha value is -1.10. The molecule has 1 aromatic rings. The van der Waals surface area contributed by atoms with Crippen molar-refractivity contribution in [3.63, 3.8) is 0 Å². The molecular weight excluding hydrogens is 264 g/mol. The molecule has 1 fully saturated rings. The van der Waals surface area contributed by atoms with Gasteiger partial charge in [0.2, 0.25) is 0 Å². The molecule has 1 aliphatic heterocycles. The summed E-state index contributed by atoms with van der Waals surface area (Å²) < 4.78 is 11.1. The Bertz CT molecular complexity index is 378. The first-order valence-corrected chi connectivity index (χ1v) is 7.96. The van der Waals surface area contributed by atoms with E-state index in [0.29, 0.717) is 6.61 Å². The number of benzene rings is 1. The molecule has 2 rings (SSSR count). The lowest BCUT2D eigenvalue weighted by Crippen LogP contribution is -2.49. The Labute approximate surface area is 128 Å². The van der Waals surface area contributed by atoms with E-state index >= 15 is 0 Å².